The van der Waals surface area contributed by atoms with Gasteiger partial charge in [0.15, 0.2) is 0 Å². The van der Waals surface area contributed by atoms with Gasteiger partial charge in [-0.2, -0.15) is 0 Å². The van der Waals surface area contributed by atoms with Gasteiger partial charge in [0.1, 0.15) is 5.75 Å². The molecule has 0 bridgehead atoms. The molecular weight excluding hydrogens is 206 g/mol. The van der Waals surface area contributed by atoms with Crippen molar-refractivity contribution in [2.75, 3.05) is 0 Å². The lowest BCUT2D eigenvalue weighted by Gasteiger charge is -2.07. The number of rotatable bonds is 2. The lowest BCUT2D eigenvalue weighted by Crippen LogP contribution is -2.30. The monoisotopic (exact) mass is 217 g/mol. The highest BCUT2D eigenvalue weighted by atomic mass is 16.3. The number of nitrogens with zero attached hydrogens (tertiary/aromatic N) is 1. The highest BCUT2D eigenvalue weighted by Crippen LogP contribution is 2.21. The predicted molar refractivity (Wildman–Crippen MR) is 59.1 cm³/mol. The van der Waals surface area contributed by atoms with Gasteiger partial charge in [0.25, 0.3) is 5.91 Å². The average molecular weight is 217 g/mol. The molecule has 0 aliphatic carbocycles. The van der Waals surface area contributed by atoms with Gasteiger partial charge in [-0.05, 0) is 24.3 Å². The van der Waals surface area contributed by atoms with E-state index >= 15 is 0 Å². The topological polar surface area (TPSA) is 80.3 Å². The molecule has 82 valence electrons. The number of hydrazine groups is 1. The molecule has 5 nitrogen and oxygen atoms in total. The van der Waals surface area contributed by atoms with Crippen molar-refractivity contribution >= 4 is 5.91 Å². The molecule has 0 saturated carbocycles. The van der Waals surface area contributed by atoms with Crippen LogP contribution in [0.1, 0.15) is 10.4 Å². The highest BCUT2D eigenvalue weighted by molar-refractivity contribution is 5.96. The summed E-state index contributed by atoms with van der Waals surface area (Å²) in [6.45, 7) is 0. The predicted octanol–water partition coefficient (Wildman–Crippen LogP) is 0.786. The van der Waals surface area contributed by atoms with E-state index in [1.54, 1.807) is 6.07 Å². The van der Waals surface area contributed by atoms with E-state index in [1.807, 2.05) is 34.5 Å². The van der Waals surface area contributed by atoms with E-state index in [-0.39, 0.29) is 11.3 Å². The second-order valence-corrected chi connectivity index (χ2v) is 3.27. The number of carbonyl (C=O) groups is 1. The zero-order valence-electron chi connectivity index (χ0n) is 8.42. The van der Waals surface area contributed by atoms with Gasteiger partial charge in [0.2, 0.25) is 0 Å². The molecule has 0 spiro atoms. The number of phenols is 1. The largest absolute Gasteiger partial charge is 0.507 e. The van der Waals surface area contributed by atoms with E-state index in [4.69, 9.17) is 5.84 Å². The molecule has 16 heavy (non-hydrogen) atoms. The van der Waals surface area contributed by atoms with Crippen LogP contribution in [0.2, 0.25) is 0 Å². The van der Waals surface area contributed by atoms with Crippen molar-refractivity contribution in [1.82, 2.24) is 9.99 Å². The SMILES string of the molecule is NNC(=O)c1ccc(-n2cccc2)cc1O. The molecule has 0 fully saturated rings. The molecule has 2 aromatic rings. The Morgan fingerprint density at radius 3 is 2.56 bits per heavy atom. The van der Waals surface area contributed by atoms with Gasteiger partial charge < -0.3 is 9.67 Å². The zero-order valence-corrected chi connectivity index (χ0v) is 8.42. The van der Waals surface area contributed by atoms with E-state index in [1.165, 1.54) is 12.1 Å². The summed E-state index contributed by atoms with van der Waals surface area (Å²) in [5.41, 5.74) is 2.90. The summed E-state index contributed by atoms with van der Waals surface area (Å²) >= 11 is 0. The number of hydrogen-bond acceptors (Lipinski definition) is 3. The minimum Gasteiger partial charge on any atom is -0.507 e. The number of nitrogens with two attached hydrogens (primary N) is 1. The van der Waals surface area contributed by atoms with Crippen LogP contribution in [0.5, 0.6) is 5.75 Å². The Morgan fingerprint density at radius 2 is 2.00 bits per heavy atom. The summed E-state index contributed by atoms with van der Waals surface area (Å²) in [7, 11) is 0. The van der Waals surface area contributed by atoms with Crippen LogP contribution < -0.4 is 11.3 Å². The van der Waals surface area contributed by atoms with Crippen LogP contribution in [-0.4, -0.2) is 15.6 Å². The van der Waals surface area contributed by atoms with Gasteiger partial charge in [0.05, 0.1) is 5.56 Å². The molecule has 0 radical (unpaired) electrons. The molecule has 1 aromatic carbocycles. The first-order chi connectivity index (χ1) is 7.72. The van der Waals surface area contributed by atoms with E-state index in [9.17, 15) is 9.90 Å². The fraction of sp³-hybridized carbons (Fsp3) is 0. The third kappa shape index (κ3) is 1.76. The normalized spacial score (nSPS) is 10.1. The molecule has 0 aliphatic heterocycles. The molecule has 0 saturated heterocycles. The van der Waals surface area contributed by atoms with Gasteiger partial charge in [-0.25, -0.2) is 5.84 Å². The van der Waals surface area contributed by atoms with Crippen molar-refractivity contribution in [1.29, 1.82) is 0 Å². The molecule has 1 aromatic heterocycles. The van der Waals surface area contributed by atoms with Gasteiger partial charge in [-0.3, -0.25) is 10.2 Å². The number of aromatic hydroxyl groups is 1. The van der Waals surface area contributed by atoms with Crippen molar-refractivity contribution in [3.8, 4) is 11.4 Å². The van der Waals surface area contributed by atoms with Gasteiger partial charge >= 0.3 is 0 Å². The smallest absolute Gasteiger partial charge is 0.268 e. The van der Waals surface area contributed by atoms with Crippen LogP contribution in [0.15, 0.2) is 42.7 Å². The second-order valence-electron chi connectivity index (χ2n) is 3.27. The highest BCUT2D eigenvalue weighted by Gasteiger charge is 2.10. The lowest BCUT2D eigenvalue weighted by atomic mass is 10.1. The van der Waals surface area contributed by atoms with Crippen molar-refractivity contribution in [2.45, 2.75) is 0 Å². The number of phenolic OH excluding ortho intramolecular Hbond substituents is 1. The van der Waals surface area contributed by atoms with E-state index < -0.39 is 5.91 Å². The van der Waals surface area contributed by atoms with E-state index in [0.29, 0.717) is 0 Å². The van der Waals surface area contributed by atoms with Crippen molar-refractivity contribution < 1.29 is 9.90 Å². The molecule has 1 amide bonds. The van der Waals surface area contributed by atoms with E-state index in [0.717, 1.165) is 5.69 Å². The molecule has 5 heteroatoms. The Labute approximate surface area is 92.1 Å². The minimum absolute atomic E-state index is 0.103. The van der Waals surface area contributed by atoms with Crippen LogP contribution in [0, 0.1) is 0 Å². The number of carbonyl (C=O) groups excluding carboxylic acids is 1. The van der Waals surface area contributed by atoms with Crippen LogP contribution >= 0.6 is 0 Å². The molecule has 0 atom stereocenters. The number of hydrogen-bond donors (Lipinski definition) is 3. The second kappa shape index (κ2) is 4.08. The number of nitrogen functional groups attached to an aromatic ring is 1. The maximum absolute atomic E-state index is 11.2. The summed E-state index contributed by atoms with van der Waals surface area (Å²) in [6, 6.07) is 8.50. The fourth-order valence-electron chi connectivity index (χ4n) is 1.46. The number of amides is 1. The molecule has 2 rings (SSSR count). The summed E-state index contributed by atoms with van der Waals surface area (Å²) in [6.07, 6.45) is 3.69. The Kier molecular flexibility index (Phi) is 2.61. The standard InChI is InChI=1S/C11H11N3O2/c12-13-11(16)9-4-3-8(7-10(9)15)14-5-1-2-6-14/h1-7,15H,12H2,(H,13,16). The summed E-state index contributed by atoms with van der Waals surface area (Å²) < 4.78 is 1.82. The first-order valence-electron chi connectivity index (χ1n) is 4.69. The maximum Gasteiger partial charge on any atom is 0.268 e. The first kappa shape index (κ1) is 10.3. The van der Waals surface area contributed by atoms with Crippen LogP contribution in [0.3, 0.4) is 0 Å². The number of aromatic nitrogens is 1. The third-order valence-electron chi connectivity index (χ3n) is 2.26. The molecule has 1 heterocycles. The Balaban J connectivity index is 2.41. The Morgan fingerprint density at radius 1 is 1.31 bits per heavy atom. The molecular formula is C11H11N3O2. The lowest BCUT2D eigenvalue weighted by molar-refractivity contribution is 0.0951. The summed E-state index contributed by atoms with van der Waals surface area (Å²) in [5, 5.41) is 9.66. The fourth-order valence-corrected chi connectivity index (χ4v) is 1.46. The minimum atomic E-state index is -0.517. The van der Waals surface area contributed by atoms with E-state index in [2.05, 4.69) is 0 Å². The van der Waals surface area contributed by atoms with Gasteiger partial charge in [-0.1, -0.05) is 0 Å². The number of benzene rings is 1. The summed E-state index contributed by atoms with van der Waals surface area (Å²) in [5.74, 6) is 4.37. The Bertz CT molecular complexity index is 506. The summed E-state index contributed by atoms with van der Waals surface area (Å²) in [4.78, 5) is 11.2. The van der Waals surface area contributed by atoms with Crippen molar-refractivity contribution in [2.24, 2.45) is 5.84 Å². The van der Waals surface area contributed by atoms with Crippen molar-refractivity contribution in [3.05, 3.63) is 48.3 Å². The van der Waals surface area contributed by atoms with Crippen LogP contribution in [-0.2, 0) is 0 Å². The maximum atomic E-state index is 11.2. The number of nitrogens with one attached hydrogen (secondary N) is 1. The molecule has 0 unspecified atom stereocenters. The first-order valence-corrected chi connectivity index (χ1v) is 4.69. The Hall–Kier alpha value is -2.27. The zero-order chi connectivity index (χ0) is 11.5. The van der Waals surface area contributed by atoms with Crippen molar-refractivity contribution in [3.63, 3.8) is 0 Å². The van der Waals surface area contributed by atoms with Crippen LogP contribution in [0.4, 0.5) is 0 Å². The average Bonchev–Trinajstić information content (AvgIpc) is 2.81. The molecule has 0 aliphatic rings. The third-order valence-corrected chi connectivity index (χ3v) is 2.26. The van der Waals surface area contributed by atoms with Crippen LogP contribution in [0.25, 0.3) is 5.69 Å². The quantitative estimate of drug-likeness (QED) is 0.395. The van der Waals surface area contributed by atoms with Gasteiger partial charge in [-0.15, -0.1) is 0 Å². The van der Waals surface area contributed by atoms with Gasteiger partial charge in [0, 0.05) is 24.1 Å². The molecule has 4 N–H and O–H groups in total.